The highest BCUT2D eigenvalue weighted by Crippen LogP contribution is 2.27. The van der Waals surface area contributed by atoms with Crippen molar-refractivity contribution in [2.75, 3.05) is 7.05 Å². The number of nitrogens with zero attached hydrogens (tertiary/aromatic N) is 3. The van der Waals surface area contributed by atoms with Gasteiger partial charge in [-0.2, -0.15) is 9.40 Å². The van der Waals surface area contributed by atoms with E-state index in [2.05, 4.69) is 10.4 Å². The maximum absolute atomic E-state index is 12.5. The van der Waals surface area contributed by atoms with Crippen molar-refractivity contribution < 1.29 is 13.2 Å². The third-order valence-corrected chi connectivity index (χ3v) is 7.95. The highest BCUT2D eigenvalue weighted by molar-refractivity contribution is 7.89. The minimum Gasteiger partial charge on any atom is -0.347 e. The van der Waals surface area contributed by atoms with Crippen molar-refractivity contribution in [1.82, 2.24) is 19.4 Å². The second-order valence-electron chi connectivity index (χ2n) is 6.98. The zero-order valence-corrected chi connectivity index (χ0v) is 18.2. The Hall–Kier alpha value is -2.23. The van der Waals surface area contributed by atoms with Gasteiger partial charge in [-0.3, -0.25) is 9.48 Å². The first kappa shape index (κ1) is 20.5. The lowest BCUT2D eigenvalue weighted by atomic mass is 10.2. The number of aromatic nitrogens is 2. The van der Waals surface area contributed by atoms with E-state index in [9.17, 15) is 13.2 Å². The first-order valence-electron chi connectivity index (χ1n) is 8.89. The first-order chi connectivity index (χ1) is 13.1. The maximum Gasteiger partial charge on any atom is 0.261 e. The fourth-order valence-electron chi connectivity index (χ4n) is 2.81. The van der Waals surface area contributed by atoms with Gasteiger partial charge >= 0.3 is 0 Å². The molecule has 0 unspecified atom stereocenters. The maximum atomic E-state index is 12.5. The topological polar surface area (TPSA) is 84.3 Å². The lowest BCUT2D eigenvalue weighted by Gasteiger charge is -2.21. The van der Waals surface area contributed by atoms with Crippen molar-refractivity contribution in [3.8, 4) is 0 Å². The van der Waals surface area contributed by atoms with E-state index in [-0.39, 0.29) is 16.8 Å². The number of benzene rings is 1. The summed E-state index contributed by atoms with van der Waals surface area (Å²) in [5.41, 5.74) is 1.73. The van der Waals surface area contributed by atoms with Crippen LogP contribution < -0.4 is 5.32 Å². The molecular weight excluding hydrogens is 396 g/mol. The van der Waals surface area contributed by atoms with Gasteiger partial charge in [0.25, 0.3) is 5.91 Å². The number of hydrogen-bond acceptors (Lipinski definition) is 5. The van der Waals surface area contributed by atoms with Crippen molar-refractivity contribution in [3.05, 3.63) is 46.5 Å². The highest BCUT2D eigenvalue weighted by atomic mass is 32.2. The van der Waals surface area contributed by atoms with Gasteiger partial charge in [-0.25, -0.2) is 8.42 Å². The Labute approximate surface area is 169 Å². The molecule has 0 saturated heterocycles. The van der Waals surface area contributed by atoms with Crippen LogP contribution in [0, 0.1) is 6.92 Å². The molecule has 0 saturated carbocycles. The predicted molar refractivity (Wildman–Crippen MR) is 111 cm³/mol. The number of amides is 1. The normalized spacial score (nSPS) is 12.2. The number of sulfonamides is 1. The predicted octanol–water partition coefficient (Wildman–Crippen LogP) is 2.90. The van der Waals surface area contributed by atoms with Gasteiger partial charge in [0.05, 0.1) is 15.5 Å². The summed E-state index contributed by atoms with van der Waals surface area (Å²) in [7, 11) is -0.0797. The summed E-state index contributed by atoms with van der Waals surface area (Å²) in [6.07, 6.45) is 0. The molecule has 0 aliphatic carbocycles. The number of hydrogen-bond donors (Lipinski definition) is 1. The van der Waals surface area contributed by atoms with E-state index >= 15 is 0 Å². The van der Waals surface area contributed by atoms with Gasteiger partial charge in [0.1, 0.15) is 4.83 Å². The summed E-state index contributed by atoms with van der Waals surface area (Å²) in [6, 6.07) is 8.33. The average molecular weight is 421 g/mol. The Bertz CT molecular complexity index is 1080. The molecule has 1 N–H and O–H groups in total. The Morgan fingerprint density at radius 3 is 2.50 bits per heavy atom. The second-order valence-corrected chi connectivity index (χ2v) is 10.0. The molecule has 7 nitrogen and oxygen atoms in total. The minimum atomic E-state index is -3.51. The van der Waals surface area contributed by atoms with Gasteiger partial charge < -0.3 is 5.32 Å². The van der Waals surface area contributed by atoms with Gasteiger partial charge in [-0.05, 0) is 44.5 Å². The Morgan fingerprint density at radius 2 is 1.93 bits per heavy atom. The summed E-state index contributed by atoms with van der Waals surface area (Å²) in [5.74, 6) is -0.156. The third kappa shape index (κ3) is 3.82. The standard InChI is InChI=1S/C19H24N4O3S2/c1-12(2)23(5)28(25,26)15-8-6-14(7-9-15)11-20-18(24)17-10-16-13(3)21-22(4)19(16)27-17/h6-10,12H,11H2,1-5H3,(H,20,24). The fourth-order valence-corrected chi connectivity index (χ4v) is 5.22. The second kappa shape index (κ2) is 7.65. The molecule has 0 radical (unpaired) electrons. The molecule has 2 aromatic heterocycles. The van der Waals surface area contributed by atoms with Crippen LogP contribution in [0.5, 0.6) is 0 Å². The zero-order chi connectivity index (χ0) is 20.6. The summed E-state index contributed by atoms with van der Waals surface area (Å²) in [5, 5.41) is 8.21. The van der Waals surface area contributed by atoms with Gasteiger partial charge in [-0.1, -0.05) is 12.1 Å². The number of rotatable bonds is 6. The summed E-state index contributed by atoms with van der Waals surface area (Å²) in [6.45, 7) is 5.90. The smallest absolute Gasteiger partial charge is 0.261 e. The van der Waals surface area contributed by atoms with E-state index in [1.807, 2.05) is 33.9 Å². The molecule has 0 aliphatic heterocycles. The summed E-state index contributed by atoms with van der Waals surface area (Å²) in [4.78, 5) is 14.3. The van der Waals surface area contributed by atoms with Crippen molar-refractivity contribution >= 4 is 37.5 Å². The molecule has 0 atom stereocenters. The largest absolute Gasteiger partial charge is 0.347 e. The number of aryl methyl sites for hydroxylation is 2. The Balaban J connectivity index is 1.69. The molecule has 28 heavy (non-hydrogen) atoms. The SMILES string of the molecule is Cc1nn(C)c2sc(C(=O)NCc3ccc(S(=O)(=O)N(C)C(C)C)cc3)cc12. The molecule has 0 bridgehead atoms. The Kier molecular flexibility index (Phi) is 5.60. The van der Waals surface area contributed by atoms with Crippen LogP contribution in [0.1, 0.15) is 34.8 Å². The van der Waals surface area contributed by atoms with E-state index < -0.39 is 10.0 Å². The van der Waals surface area contributed by atoms with E-state index in [4.69, 9.17) is 0 Å². The van der Waals surface area contributed by atoms with Crippen LogP contribution >= 0.6 is 11.3 Å². The number of thiophene rings is 1. The van der Waals surface area contributed by atoms with Gasteiger partial charge in [0, 0.05) is 32.1 Å². The van der Waals surface area contributed by atoms with Crippen molar-refractivity contribution in [2.45, 2.75) is 38.3 Å². The molecule has 9 heteroatoms. The number of fused-ring (bicyclic) bond motifs is 1. The molecule has 0 fully saturated rings. The molecule has 150 valence electrons. The quantitative estimate of drug-likeness (QED) is 0.665. The van der Waals surface area contributed by atoms with Crippen LogP contribution in [0.25, 0.3) is 10.2 Å². The molecule has 1 aromatic carbocycles. The van der Waals surface area contributed by atoms with Crippen LogP contribution in [0.3, 0.4) is 0 Å². The Morgan fingerprint density at radius 1 is 1.29 bits per heavy atom. The van der Waals surface area contributed by atoms with Crippen LogP contribution in [0.4, 0.5) is 0 Å². The first-order valence-corrected chi connectivity index (χ1v) is 11.1. The van der Waals surface area contributed by atoms with Crippen LogP contribution in [0.2, 0.25) is 0 Å². The van der Waals surface area contributed by atoms with Crippen LogP contribution in [0.15, 0.2) is 35.2 Å². The van der Waals surface area contributed by atoms with Gasteiger partial charge in [0.15, 0.2) is 0 Å². The van der Waals surface area contributed by atoms with E-state index in [1.165, 1.54) is 15.6 Å². The molecule has 0 aliphatic rings. The molecule has 3 rings (SSSR count). The lowest BCUT2D eigenvalue weighted by Crippen LogP contribution is -2.33. The molecule has 1 amide bonds. The summed E-state index contributed by atoms with van der Waals surface area (Å²) < 4.78 is 28.1. The van der Waals surface area contributed by atoms with E-state index in [1.54, 1.807) is 36.0 Å². The fraction of sp³-hybridized carbons (Fsp3) is 0.368. The van der Waals surface area contributed by atoms with Crippen molar-refractivity contribution in [2.24, 2.45) is 7.05 Å². The molecule has 3 aromatic rings. The highest BCUT2D eigenvalue weighted by Gasteiger charge is 2.22. The molecule has 2 heterocycles. The number of nitrogens with one attached hydrogen (secondary N) is 1. The van der Waals surface area contributed by atoms with Crippen LogP contribution in [-0.4, -0.2) is 41.5 Å². The third-order valence-electron chi connectivity index (χ3n) is 4.70. The van der Waals surface area contributed by atoms with Crippen LogP contribution in [-0.2, 0) is 23.6 Å². The number of carbonyl (C=O) groups is 1. The average Bonchev–Trinajstić information content (AvgIpc) is 3.21. The molecular formula is C19H24N4O3S2. The van der Waals surface area contributed by atoms with Gasteiger partial charge in [-0.15, -0.1) is 11.3 Å². The lowest BCUT2D eigenvalue weighted by molar-refractivity contribution is 0.0955. The monoisotopic (exact) mass is 420 g/mol. The van der Waals surface area contributed by atoms with Crippen molar-refractivity contribution in [1.29, 1.82) is 0 Å². The minimum absolute atomic E-state index is 0.121. The van der Waals surface area contributed by atoms with Gasteiger partial charge in [0.2, 0.25) is 10.0 Å². The zero-order valence-electron chi connectivity index (χ0n) is 16.6. The summed E-state index contributed by atoms with van der Waals surface area (Å²) >= 11 is 1.40. The van der Waals surface area contributed by atoms with E-state index in [0.29, 0.717) is 11.4 Å². The molecule has 0 spiro atoms. The van der Waals surface area contributed by atoms with Crippen molar-refractivity contribution in [3.63, 3.8) is 0 Å². The number of carbonyl (C=O) groups excluding carboxylic acids is 1. The van der Waals surface area contributed by atoms with E-state index in [0.717, 1.165) is 21.5 Å².